The number of aromatic amines is 1. The number of carbonyl (C=O) groups excluding carboxylic acids is 1. The Morgan fingerprint density at radius 2 is 2.05 bits per heavy atom. The fourth-order valence-electron chi connectivity index (χ4n) is 1.95. The van der Waals surface area contributed by atoms with E-state index in [-0.39, 0.29) is 5.91 Å². The number of H-pyrrole nitrogens is 1. The Morgan fingerprint density at radius 1 is 1.30 bits per heavy atom. The molecule has 1 aromatic heterocycles. The minimum Gasteiger partial charge on any atom is -0.372 e. The van der Waals surface area contributed by atoms with Crippen LogP contribution in [0.25, 0.3) is 0 Å². The lowest BCUT2D eigenvalue weighted by Gasteiger charge is -2.24. The molecule has 1 N–H and O–H groups in total. The summed E-state index contributed by atoms with van der Waals surface area (Å²) in [5.41, 5.74) is 1.99. The van der Waals surface area contributed by atoms with E-state index in [9.17, 15) is 4.79 Å². The van der Waals surface area contributed by atoms with Crippen molar-refractivity contribution < 1.29 is 9.53 Å². The first kappa shape index (κ1) is 14.3. The van der Waals surface area contributed by atoms with Gasteiger partial charge >= 0.3 is 0 Å². The minimum absolute atomic E-state index is 0.0362. The van der Waals surface area contributed by atoms with Gasteiger partial charge in [-0.3, -0.25) is 9.89 Å². The van der Waals surface area contributed by atoms with Crippen molar-refractivity contribution in [1.29, 1.82) is 0 Å². The van der Waals surface area contributed by atoms with Gasteiger partial charge in [0.05, 0.1) is 12.2 Å². The van der Waals surface area contributed by atoms with Crippen LogP contribution in [0.3, 0.4) is 0 Å². The Hall–Kier alpha value is -2.14. The third-order valence-corrected chi connectivity index (χ3v) is 3.15. The summed E-state index contributed by atoms with van der Waals surface area (Å²) >= 11 is 0. The van der Waals surface area contributed by atoms with Crippen LogP contribution >= 0.6 is 0 Å². The van der Waals surface area contributed by atoms with Crippen LogP contribution in [-0.2, 0) is 22.6 Å². The van der Waals surface area contributed by atoms with Crippen molar-refractivity contribution in [2.75, 3.05) is 7.11 Å². The Morgan fingerprint density at radius 3 is 2.65 bits per heavy atom. The molecule has 0 saturated heterocycles. The first-order valence-electron chi connectivity index (χ1n) is 6.54. The lowest BCUT2D eigenvalue weighted by Crippen LogP contribution is -2.37. The van der Waals surface area contributed by atoms with E-state index in [1.807, 2.05) is 36.4 Å². The second-order valence-electron chi connectivity index (χ2n) is 4.64. The summed E-state index contributed by atoms with van der Waals surface area (Å²) in [4.78, 5) is 14.1. The van der Waals surface area contributed by atoms with E-state index >= 15 is 0 Å². The molecule has 0 fully saturated rings. The normalized spacial score (nSPS) is 12.1. The third kappa shape index (κ3) is 3.68. The molecular formula is C15H19N3O2. The second kappa shape index (κ2) is 6.86. The summed E-state index contributed by atoms with van der Waals surface area (Å²) in [5, 5.41) is 6.79. The molecule has 0 aliphatic heterocycles. The predicted octanol–water partition coefficient (Wildman–Crippen LogP) is 1.97. The number of methoxy groups -OCH3 is 1. The molecule has 1 aromatic carbocycles. The van der Waals surface area contributed by atoms with E-state index in [0.717, 1.165) is 11.3 Å². The highest BCUT2D eigenvalue weighted by Crippen LogP contribution is 2.11. The largest absolute Gasteiger partial charge is 0.372 e. The van der Waals surface area contributed by atoms with Crippen LogP contribution in [0.4, 0.5) is 0 Å². The van der Waals surface area contributed by atoms with Crippen LogP contribution in [0.2, 0.25) is 0 Å². The molecule has 2 aromatic rings. The third-order valence-electron chi connectivity index (χ3n) is 3.15. The zero-order valence-electron chi connectivity index (χ0n) is 11.7. The zero-order chi connectivity index (χ0) is 14.4. The number of hydrogen-bond acceptors (Lipinski definition) is 3. The van der Waals surface area contributed by atoms with E-state index in [2.05, 4.69) is 10.2 Å². The fraction of sp³-hybridized carbons (Fsp3) is 0.333. The summed E-state index contributed by atoms with van der Waals surface area (Å²) in [6, 6.07) is 11.8. The van der Waals surface area contributed by atoms with Crippen LogP contribution in [0.15, 0.2) is 42.6 Å². The molecule has 20 heavy (non-hydrogen) atoms. The summed E-state index contributed by atoms with van der Waals surface area (Å²) in [6.07, 6.45) is 1.22. The molecule has 0 bridgehead atoms. The van der Waals surface area contributed by atoms with E-state index in [0.29, 0.717) is 13.1 Å². The number of ether oxygens (including phenoxy) is 1. The van der Waals surface area contributed by atoms with Crippen LogP contribution < -0.4 is 0 Å². The summed E-state index contributed by atoms with van der Waals surface area (Å²) in [7, 11) is 1.54. The number of aromatic nitrogens is 2. The maximum absolute atomic E-state index is 12.4. The lowest BCUT2D eigenvalue weighted by atomic mass is 10.2. The van der Waals surface area contributed by atoms with Crippen LogP contribution in [0.1, 0.15) is 18.2 Å². The number of rotatable bonds is 6. The molecule has 5 heteroatoms. The molecular weight excluding hydrogens is 254 g/mol. The molecule has 0 aliphatic rings. The van der Waals surface area contributed by atoms with E-state index in [4.69, 9.17) is 4.74 Å². The number of nitrogens with zero attached hydrogens (tertiary/aromatic N) is 2. The molecule has 0 saturated carbocycles. The lowest BCUT2D eigenvalue weighted by molar-refractivity contribution is -0.142. The Bertz CT molecular complexity index is 525. The van der Waals surface area contributed by atoms with Gasteiger partial charge in [-0.25, -0.2) is 0 Å². The number of amides is 1. The van der Waals surface area contributed by atoms with Gasteiger partial charge in [-0.05, 0) is 18.6 Å². The molecule has 106 valence electrons. The van der Waals surface area contributed by atoms with Gasteiger partial charge in [0.25, 0.3) is 5.91 Å². The maximum Gasteiger partial charge on any atom is 0.252 e. The van der Waals surface area contributed by atoms with Gasteiger partial charge in [0.1, 0.15) is 6.10 Å². The highest BCUT2D eigenvalue weighted by molar-refractivity contribution is 5.80. The van der Waals surface area contributed by atoms with Crippen molar-refractivity contribution >= 4 is 5.91 Å². The van der Waals surface area contributed by atoms with Gasteiger partial charge in [-0.15, -0.1) is 0 Å². The summed E-state index contributed by atoms with van der Waals surface area (Å²) in [5.74, 6) is -0.0362. The molecule has 5 nitrogen and oxygen atoms in total. The van der Waals surface area contributed by atoms with Gasteiger partial charge < -0.3 is 9.64 Å². The smallest absolute Gasteiger partial charge is 0.252 e. The average Bonchev–Trinajstić information content (AvgIpc) is 2.99. The SMILES string of the molecule is CO[C@H](C)C(=O)N(Cc1ccccc1)Cc1ccn[nH]1. The predicted molar refractivity (Wildman–Crippen MR) is 75.8 cm³/mol. The Kier molecular flexibility index (Phi) is 4.90. The molecule has 0 radical (unpaired) electrons. The highest BCUT2D eigenvalue weighted by Gasteiger charge is 2.21. The molecule has 0 spiro atoms. The zero-order valence-corrected chi connectivity index (χ0v) is 11.7. The second-order valence-corrected chi connectivity index (χ2v) is 4.64. The highest BCUT2D eigenvalue weighted by atomic mass is 16.5. The topological polar surface area (TPSA) is 58.2 Å². The number of hydrogen-bond donors (Lipinski definition) is 1. The number of benzene rings is 1. The van der Waals surface area contributed by atoms with Crippen LogP contribution in [-0.4, -0.2) is 34.2 Å². The Balaban J connectivity index is 2.13. The van der Waals surface area contributed by atoms with Gasteiger partial charge in [-0.1, -0.05) is 30.3 Å². The van der Waals surface area contributed by atoms with Crippen molar-refractivity contribution in [3.8, 4) is 0 Å². The van der Waals surface area contributed by atoms with Crippen molar-refractivity contribution in [1.82, 2.24) is 15.1 Å². The molecule has 1 atom stereocenters. The van der Waals surface area contributed by atoms with Gasteiger partial charge in [0.15, 0.2) is 0 Å². The van der Waals surface area contributed by atoms with E-state index in [1.54, 1.807) is 25.1 Å². The van der Waals surface area contributed by atoms with Crippen molar-refractivity contribution in [2.45, 2.75) is 26.1 Å². The monoisotopic (exact) mass is 273 g/mol. The summed E-state index contributed by atoms with van der Waals surface area (Å²) in [6.45, 7) is 2.79. The van der Waals surface area contributed by atoms with Gasteiger partial charge in [-0.2, -0.15) is 5.10 Å². The molecule has 1 amide bonds. The van der Waals surface area contributed by atoms with Crippen molar-refractivity contribution in [2.24, 2.45) is 0 Å². The molecule has 2 rings (SSSR count). The summed E-state index contributed by atoms with van der Waals surface area (Å²) < 4.78 is 5.13. The molecule has 0 unspecified atom stereocenters. The average molecular weight is 273 g/mol. The van der Waals surface area contributed by atoms with Crippen molar-refractivity contribution in [3.63, 3.8) is 0 Å². The quantitative estimate of drug-likeness (QED) is 0.875. The van der Waals surface area contributed by atoms with E-state index in [1.165, 1.54) is 0 Å². The first-order chi connectivity index (χ1) is 9.70. The molecule has 1 heterocycles. The standard InChI is InChI=1S/C15H19N3O2/c1-12(20-2)15(19)18(11-14-8-9-16-17-14)10-13-6-4-3-5-7-13/h3-9,12H,10-11H2,1-2H3,(H,16,17)/t12-/m1/s1. The molecule has 0 aliphatic carbocycles. The van der Waals surface area contributed by atoms with Crippen LogP contribution in [0.5, 0.6) is 0 Å². The number of nitrogens with one attached hydrogen (secondary N) is 1. The van der Waals surface area contributed by atoms with Gasteiger partial charge in [0.2, 0.25) is 0 Å². The first-order valence-corrected chi connectivity index (χ1v) is 6.54. The Labute approximate surface area is 118 Å². The van der Waals surface area contributed by atoms with E-state index < -0.39 is 6.10 Å². The van der Waals surface area contributed by atoms with Crippen LogP contribution in [0, 0.1) is 0 Å². The fourth-order valence-corrected chi connectivity index (χ4v) is 1.95. The number of carbonyl (C=O) groups is 1. The minimum atomic E-state index is -0.457. The maximum atomic E-state index is 12.4. The van der Waals surface area contributed by atoms with Crippen molar-refractivity contribution in [3.05, 3.63) is 53.9 Å². The van der Waals surface area contributed by atoms with Gasteiger partial charge in [0, 0.05) is 19.9 Å².